The summed E-state index contributed by atoms with van der Waals surface area (Å²) in [4.78, 5) is 0.0361. The maximum atomic E-state index is 12.3. The van der Waals surface area contributed by atoms with Gasteiger partial charge in [0.15, 0.2) is 0 Å². The lowest BCUT2D eigenvalue weighted by atomic mass is 10.0. The monoisotopic (exact) mass is 236 g/mol. The molecule has 2 nitrogen and oxygen atoms in total. The van der Waals surface area contributed by atoms with Crippen LogP contribution in [0.2, 0.25) is 0 Å². The van der Waals surface area contributed by atoms with Crippen molar-refractivity contribution in [2.45, 2.75) is 17.7 Å². The molecule has 0 N–H and O–H groups in total. The Labute approximate surface area is 87.1 Å². The molecule has 0 aliphatic rings. The fraction of sp³-hybridized carbons (Fsp3) is 0.333. The average molecular weight is 237 g/mol. The Morgan fingerprint density at radius 1 is 1.36 bits per heavy atom. The summed E-state index contributed by atoms with van der Waals surface area (Å²) >= 11 is 0. The van der Waals surface area contributed by atoms with E-state index in [1.807, 2.05) is 0 Å². The Hall–Kier alpha value is -0.610. The molecular weight excluding hydrogens is 227 g/mol. The number of hydrogen-bond donors (Lipinski definition) is 0. The van der Waals surface area contributed by atoms with Crippen LogP contribution in [0.1, 0.15) is 18.4 Å². The molecule has 1 rings (SSSR count). The molecule has 0 saturated heterocycles. The standard InChI is InChI=1S/C9H10ClFO2S/c1-7(6-11)8-2-4-9(5-3-8)14(10,12)13/h2-5,7H,6H2,1H3/t7-/m1/s1. The van der Waals surface area contributed by atoms with Crippen molar-refractivity contribution in [3.8, 4) is 0 Å². The summed E-state index contributed by atoms with van der Waals surface area (Å²) in [6.45, 7) is 1.26. The van der Waals surface area contributed by atoms with Crippen LogP contribution in [-0.4, -0.2) is 15.1 Å². The molecule has 0 bridgehead atoms. The van der Waals surface area contributed by atoms with Gasteiger partial charge in [-0.1, -0.05) is 19.1 Å². The van der Waals surface area contributed by atoms with E-state index in [4.69, 9.17) is 10.7 Å². The van der Waals surface area contributed by atoms with Gasteiger partial charge in [0.25, 0.3) is 9.05 Å². The highest BCUT2D eigenvalue weighted by atomic mass is 35.7. The molecule has 0 aromatic heterocycles. The molecule has 0 heterocycles. The lowest BCUT2D eigenvalue weighted by Gasteiger charge is -2.06. The number of alkyl halides is 1. The Bertz CT molecular complexity index is 399. The van der Waals surface area contributed by atoms with E-state index in [0.717, 1.165) is 5.56 Å². The van der Waals surface area contributed by atoms with E-state index in [9.17, 15) is 12.8 Å². The lowest BCUT2D eigenvalue weighted by molar-refractivity contribution is 0.447. The van der Waals surface area contributed by atoms with Gasteiger partial charge in [-0.25, -0.2) is 8.42 Å². The fourth-order valence-electron chi connectivity index (χ4n) is 1.05. The van der Waals surface area contributed by atoms with Gasteiger partial charge in [-0.3, -0.25) is 4.39 Å². The van der Waals surface area contributed by atoms with Crippen LogP contribution in [0, 0.1) is 0 Å². The smallest absolute Gasteiger partial charge is 0.250 e. The van der Waals surface area contributed by atoms with Crippen molar-refractivity contribution in [1.29, 1.82) is 0 Å². The van der Waals surface area contributed by atoms with Gasteiger partial charge in [0.1, 0.15) is 0 Å². The predicted molar refractivity (Wildman–Crippen MR) is 53.9 cm³/mol. The van der Waals surface area contributed by atoms with Crippen molar-refractivity contribution in [2.75, 3.05) is 6.67 Å². The zero-order valence-electron chi connectivity index (χ0n) is 7.57. The number of rotatable bonds is 3. The van der Waals surface area contributed by atoms with Crippen LogP contribution in [0.4, 0.5) is 4.39 Å². The third-order valence-corrected chi connectivity index (χ3v) is 3.33. The molecule has 14 heavy (non-hydrogen) atoms. The molecule has 1 aromatic carbocycles. The van der Waals surface area contributed by atoms with E-state index in [1.165, 1.54) is 12.1 Å². The number of benzene rings is 1. The van der Waals surface area contributed by atoms with Crippen LogP contribution in [0.3, 0.4) is 0 Å². The summed E-state index contributed by atoms with van der Waals surface area (Å²) in [5.74, 6) is -0.220. The number of halogens is 2. The second kappa shape index (κ2) is 4.28. The molecular formula is C9H10ClFO2S. The minimum Gasteiger partial charge on any atom is -0.250 e. The maximum Gasteiger partial charge on any atom is 0.261 e. The van der Waals surface area contributed by atoms with E-state index in [2.05, 4.69) is 0 Å². The zero-order chi connectivity index (χ0) is 10.8. The van der Waals surface area contributed by atoms with Crippen LogP contribution in [0.25, 0.3) is 0 Å². The fourth-order valence-corrected chi connectivity index (χ4v) is 1.82. The second-order valence-corrected chi connectivity index (χ2v) is 5.63. The summed E-state index contributed by atoms with van der Waals surface area (Å²) in [5, 5.41) is 0. The normalized spacial score (nSPS) is 13.9. The summed E-state index contributed by atoms with van der Waals surface area (Å²) in [7, 11) is 1.45. The molecule has 1 aromatic rings. The Morgan fingerprint density at radius 3 is 2.21 bits per heavy atom. The molecule has 0 radical (unpaired) electrons. The van der Waals surface area contributed by atoms with Gasteiger partial charge in [0.2, 0.25) is 0 Å². The van der Waals surface area contributed by atoms with E-state index >= 15 is 0 Å². The summed E-state index contributed by atoms with van der Waals surface area (Å²) in [6, 6.07) is 5.90. The van der Waals surface area contributed by atoms with Crippen LogP contribution in [0.5, 0.6) is 0 Å². The Balaban J connectivity index is 3.01. The highest BCUT2D eigenvalue weighted by molar-refractivity contribution is 8.13. The molecule has 0 fully saturated rings. The van der Waals surface area contributed by atoms with E-state index in [-0.39, 0.29) is 10.8 Å². The first-order valence-corrected chi connectivity index (χ1v) is 6.36. The van der Waals surface area contributed by atoms with Crippen molar-refractivity contribution in [1.82, 2.24) is 0 Å². The van der Waals surface area contributed by atoms with Crippen molar-refractivity contribution in [2.24, 2.45) is 0 Å². The third-order valence-electron chi connectivity index (χ3n) is 1.96. The topological polar surface area (TPSA) is 34.1 Å². The van der Waals surface area contributed by atoms with Crippen molar-refractivity contribution < 1.29 is 12.8 Å². The van der Waals surface area contributed by atoms with Crippen LogP contribution < -0.4 is 0 Å². The van der Waals surface area contributed by atoms with Gasteiger partial charge in [-0.2, -0.15) is 0 Å². The molecule has 0 aliphatic heterocycles. The third kappa shape index (κ3) is 2.69. The second-order valence-electron chi connectivity index (χ2n) is 3.06. The van der Waals surface area contributed by atoms with Gasteiger partial charge in [0, 0.05) is 16.6 Å². The first-order chi connectivity index (χ1) is 6.45. The van der Waals surface area contributed by atoms with Gasteiger partial charge < -0.3 is 0 Å². The summed E-state index contributed by atoms with van der Waals surface area (Å²) in [5.41, 5.74) is 0.761. The lowest BCUT2D eigenvalue weighted by Crippen LogP contribution is -1.96. The van der Waals surface area contributed by atoms with Crippen molar-refractivity contribution >= 4 is 19.7 Å². The minimum absolute atomic E-state index is 0.0361. The quantitative estimate of drug-likeness (QED) is 0.757. The van der Waals surface area contributed by atoms with Crippen molar-refractivity contribution in [3.63, 3.8) is 0 Å². The van der Waals surface area contributed by atoms with E-state index < -0.39 is 15.7 Å². The maximum absolute atomic E-state index is 12.3. The van der Waals surface area contributed by atoms with E-state index in [0.29, 0.717) is 0 Å². The Kier molecular flexibility index (Phi) is 3.50. The van der Waals surface area contributed by atoms with Gasteiger partial charge in [-0.15, -0.1) is 0 Å². The molecule has 0 amide bonds. The average Bonchev–Trinajstić information content (AvgIpc) is 2.15. The van der Waals surface area contributed by atoms with Gasteiger partial charge >= 0.3 is 0 Å². The summed E-state index contributed by atoms with van der Waals surface area (Å²) < 4.78 is 34.0. The summed E-state index contributed by atoms with van der Waals surface area (Å²) in [6.07, 6.45) is 0. The first-order valence-electron chi connectivity index (χ1n) is 4.05. The highest BCUT2D eigenvalue weighted by Gasteiger charge is 2.10. The van der Waals surface area contributed by atoms with Gasteiger partial charge in [-0.05, 0) is 17.7 Å². The molecule has 78 valence electrons. The molecule has 1 atom stereocenters. The van der Waals surface area contributed by atoms with Crippen LogP contribution in [-0.2, 0) is 9.05 Å². The molecule has 0 spiro atoms. The first kappa shape index (κ1) is 11.5. The molecule has 0 unspecified atom stereocenters. The van der Waals surface area contributed by atoms with Crippen LogP contribution >= 0.6 is 10.7 Å². The SMILES string of the molecule is C[C@H](CF)c1ccc(S(=O)(=O)Cl)cc1. The zero-order valence-corrected chi connectivity index (χ0v) is 9.15. The Morgan fingerprint density at radius 2 is 1.86 bits per heavy atom. The molecule has 0 aliphatic carbocycles. The van der Waals surface area contributed by atoms with Crippen LogP contribution in [0.15, 0.2) is 29.2 Å². The number of hydrogen-bond acceptors (Lipinski definition) is 2. The predicted octanol–water partition coefficient (Wildman–Crippen LogP) is 2.69. The highest BCUT2D eigenvalue weighted by Crippen LogP contribution is 2.20. The van der Waals surface area contributed by atoms with Crippen molar-refractivity contribution in [3.05, 3.63) is 29.8 Å². The minimum atomic E-state index is -3.67. The molecule has 0 saturated carbocycles. The van der Waals surface area contributed by atoms with Gasteiger partial charge in [0.05, 0.1) is 11.6 Å². The van der Waals surface area contributed by atoms with E-state index in [1.54, 1.807) is 19.1 Å². The largest absolute Gasteiger partial charge is 0.261 e. The molecule has 5 heteroatoms.